The molecule has 0 bridgehead atoms. The molecule has 7 heteroatoms. The lowest BCUT2D eigenvalue weighted by Gasteiger charge is -2.16. The summed E-state index contributed by atoms with van der Waals surface area (Å²) in [6.07, 6.45) is 0. The number of thiophene rings is 1. The lowest BCUT2D eigenvalue weighted by atomic mass is 10.1. The molecule has 0 saturated heterocycles. The zero-order valence-corrected chi connectivity index (χ0v) is 18.0. The summed E-state index contributed by atoms with van der Waals surface area (Å²) >= 11 is 7.47. The van der Waals surface area contributed by atoms with Crippen LogP contribution in [-0.4, -0.2) is 18.4 Å². The second-order valence-corrected chi connectivity index (χ2v) is 8.07. The monoisotopic (exact) mass is 438 g/mol. The molecule has 3 aromatic rings. The van der Waals surface area contributed by atoms with E-state index in [0.29, 0.717) is 28.6 Å². The molecule has 4 rings (SSSR count). The van der Waals surface area contributed by atoms with E-state index in [1.54, 1.807) is 42.5 Å². The Balaban J connectivity index is 1.75. The van der Waals surface area contributed by atoms with Crippen LogP contribution in [0.5, 0.6) is 5.75 Å². The SMILES string of the molecule is CCOc1ccc(N2C(=O)C(Nc3ccc(Cl)cc3C)=C(c3cccs3)C2=O)cc1. The van der Waals surface area contributed by atoms with E-state index in [9.17, 15) is 9.59 Å². The van der Waals surface area contributed by atoms with Crippen molar-refractivity contribution in [1.82, 2.24) is 0 Å². The number of nitrogens with one attached hydrogen (secondary N) is 1. The molecule has 0 atom stereocenters. The number of rotatable bonds is 6. The Morgan fingerprint density at radius 2 is 1.83 bits per heavy atom. The molecule has 5 nitrogen and oxygen atoms in total. The number of aryl methyl sites for hydroxylation is 1. The molecular formula is C23H19ClN2O3S. The van der Waals surface area contributed by atoms with Crippen molar-refractivity contribution in [2.24, 2.45) is 0 Å². The molecule has 0 aliphatic carbocycles. The maximum absolute atomic E-state index is 13.3. The Morgan fingerprint density at radius 1 is 1.07 bits per heavy atom. The molecule has 0 radical (unpaired) electrons. The second kappa shape index (κ2) is 8.34. The minimum Gasteiger partial charge on any atom is -0.494 e. The third kappa shape index (κ3) is 3.72. The molecule has 1 aromatic heterocycles. The summed E-state index contributed by atoms with van der Waals surface area (Å²) in [7, 11) is 0. The molecule has 30 heavy (non-hydrogen) atoms. The smallest absolute Gasteiger partial charge is 0.282 e. The number of amides is 2. The van der Waals surface area contributed by atoms with Crippen molar-refractivity contribution in [2.45, 2.75) is 13.8 Å². The van der Waals surface area contributed by atoms with Gasteiger partial charge in [0.2, 0.25) is 0 Å². The fraction of sp³-hybridized carbons (Fsp3) is 0.130. The highest BCUT2D eigenvalue weighted by atomic mass is 35.5. The van der Waals surface area contributed by atoms with E-state index >= 15 is 0 Å². The standard InChI is InChI=1S/C23H19ClN2O3S/c1-3-29-17-9-7-16(8-10-17)26-22(27)20(19-5-4-12-30-19)21(23(26)28)25-18-11-6-15(24)13-14(18)2/h4-13,25H,3H2,1-2H3. The summed E-state index contributed by atoms with van der Waals surface area (Å²) in [5.74, 6) is -0.0791. The molecular weight excluding hydrogens is 420 g/mol. The fourth-order valence-corrected chi connectivity index (χ4v) is 4.28. The van der Waals surface area contributed by atoms with Crippen LogP contribution in [0.2, 0.25) is 5.02 Å². The third-order valence-corrected chi connectivity index (χ3v) is 5.83. The highest BCUT2D eigenvalue weighted by Crippen LogP contribution is 2.36. The zero-order valence-electron chi connectivity index (χ0n) is 16.4. The molecule has 0 fully saturated rings. The Kier molecular flexibility index (Phi) is 5.61. The van der Waals surface area contributed by atoms with Gasteiger partial charge in [0.05, 0.1) is 17.9 Å². The van der Waals surface area contributed by atoms with Crippen molar-refractivity contribution in [3.8, 4) is 5.75 Å². The molecule has 1 aliphatic heterocycles. The molecule has 0 saturated carbocycles. The number of hydrogen-bond acceptors (Lipinski definition) is 5. The molecule has 152 valence electrons. The van der Waals surface area contributed by atoms with Crippen LogP contribution in [-0.2, 0) is 9.59 Å². The van der Waals surface area contributed by atoms with Crippen molar-refractivity contribution in [1.29, 1.82) is 0 Å². The minimum atomic E-state index is -0.401. The van der Waals surface area contributed by atoms with Crippen LogP contribution < -0.4 is 15.0 Å². The van der Waals surface area contributed by atoms with Gasteiger partial charge in [0.15, 0.2) is 0 Å². The first kappa shape index (κ1) is 20.2. The summed E-state index contributed by atoms with van der Waals surface area (Å²) in [5, 5.41) is 5.66. The van der Waals surface area contributed by atoms with Crippen molar-refractivity contribution in [3.05, 3.63) is 81.1 Å². The Labute approximate surface area is 183 Å². The zero-order chi connectivity index (χ0) is 21.3. The van der Waals surface area contributed by atoms with E-state index in [4.69, 9.17) is 16.3 Å². The lowest BCUT2D eigenvalue weighted by Crippen LogP contribution is -2.32. The van der Waals surface area contributed by atoms with Gasteiger partial charge in [0, 0.05) is 15.6 Å². The number of halogens is 1. The van der Waals surface area contributed by atoms with Crippen LogP contribution in [0.1, 0.15) is 17.4 Å². The Morgan fingerprint density at radius 3 is 2.47 bits per heavy atom. The second-order valence-electron chi connectivity index (χ2n) is 6.68. The quantitative estimate of drug-likeness (QED) is 0.516. The number of ether oxygens (including phenoxy) is 1. The summed E-state index contributed by atoms with van der Waals surface area (Å²) in [5.41, 5.74) is 2.70. The third-order valence-electron chi connectivity index (χ3n) is 4.71. The first-order chi connectivity index (χ1) is 14.5. The van der Waals surface area contributed by atoms with Gasteiger partial charge in [-0.1, -0.05) is 17.7 Å². The van der Waals surface area contributed by atoms with Gasteiger partial charge in [-0.2, -0.15) is 0 Å². The first-order valence-electron chi connectivity index (χ1n) is 9.42. The number of benzene rings is 2. The normalized spacial score (nSPS) is 13.9. The maximum atomic E-state index is 13.3. The van der Waals surface area contributed by atoms with Crippen LogP contribution in [0, 0.1) is 6.92 Å². The van der Waals surface area contributed by atoms with Crippen LogP contribution in [0.25, 0.3) is 5.57 Å². The average Bonchev–Trinajstić information content (AvgIpc) is 3.32. The predicted octanol–water partition coefficient (Wildman–Crippen LogP) is 5.51. The largest absolute Gasteiger partial charge is 0.494 e. The Hall–Kier alpha value is -3.09. The Bertz CT molecular complexity index is 1140. The summed E-state index contributed by atoms with van der Waals surface area (Å²) in [6.45, 7) is 4.33. The fourth-order valence-electron chi connectivity index (χ4n) is 3.29. The average molecular weight is 439 g/mol. The van der Waals surface area contributed by atoms with Gasteiger partial charge in [-0.15, -0.1) is 11.3 Å². The highest BCUT2D eigenvalue weighted by Gasteiger charge is 2.40. The van der Waals surface area contributed by atoms with Gasteiger partial charge < -0.3 is 10.1 Å². The van der Waals surface area contributed by atoms with E-state index in [-0.39, 0.29) is 11.6 Å². The van der Waals surface area contributed by atoms with Gasteiger partial charge in [0.25, 0.3) is 11.8 Å². The topological polar surface area (TPSA) is 58.6 Å². The summed E-state index contributed by atoms with van der Waals surface area (Å²) < 4.78 is 5.46. The van der Waals surface area contributed by atoms with Crippen LogP contribution in [0.3, 0.4) is 0 Å². The molecule has 2 heterocycles. The number of carbonyl (C=O) groups excluding carboxylic acids is 2. The number of anilines is 2. The number of hydrogen-bond donors (Lipinski definition) is 1. The molecule has 1 aliphatic rings. The molecule has 0 spiro atoms. The van der Waals surface area contributed by atoms with Crippen molar-refractivity contribution >= 4 is 51.7 Å². The molecule has 2 amide bonds. The van der Waals surface area contributed by atoms with E-state index in [0.717, 1.165) is 16.1 Å². The van der Waals surface area contributed by atoms with Crippen LogP contribution in [0.4, 0.5) is 11.4 Å². The first-order valence-corrected chi connectivity index (χ1v) is 10.7. The van der Waals surface area contributed by atoms with Gasteiger partial charge in [0.1, 0.15) is 11.4 Å². The summed E-state index contributed by atoms with van der Waals surface area (Å²) in [6, 6.07) is 16.0. The van der Waals surface area contributed by atoms with Gasteiger partial charge in [-0.05, 0) is 73.3 Å². The van der Waals surface area contributed by atoms with Crippen molar-refractivity contribution < 1.29 is 14.3 Å². The summed E-state index contributed by atoms with van der Waals surface area (Å²) in [4.78, 5) is 28.6. The predicted molar refractivity (Wildman–Crippen MR) is 121 cm³/mol. The molecule has 1 N–H and O–H groups in total. The van der Waals surface area contributed by atoms with E-state index < -0.39 is 5.91 Å². The van der Waals surface area contributed by atoms with Gasteiger partial charge in [-0.3, -0.25) is 9.59 Å². The molecule has 2 aromatic carbocycles. The van der Waals surface area contributed by atoms with Crippen molar-refractivity contribution in [3.63, 3.8) is 0 Å². The number of nitrogens with zero attached hydrogens (tertiary/aromatic N) is 1. The van der Waals surface area contributed by atoms with Gasteiger partial charge >= 0.3 is 0 Å². The van der Waals surface area contributed by atoms with E-state index in [2.05, 4.69) is 5.32 Å². The van der Waals surface area contributed by atoms with Crippen LogP contribution in [0.15, 0.2) is 65.7 Å². The maximum Gasteiger partial charge on any atom is 0.282 e. The number of carbonyl (C=O) groups is 2. The lowest BCUT2D eigenvalue weighted by molar-refractivity contribution is -0.120. The van der Waals surface area contributed by atoms with Crippen LogP contribution >= 0.6 is 22.9 Å². The van der Waals surface area contributed by atoms with E-state index in [1.807, 2.05) is 31.4 Å². The van der Waals surface area contributed by atoms with Gasteiger partial charge in [-0.25, -0.2) is 4.90 Å². The molecule has 0 unspecified atom stereocenters. The highest BCUT2D eigenvalue weighted by molar-refractivity contribution is 7.11. The minimum absolute atomic E-state index is 0.252. The number of imide groups is 1. The van der Waals surface area contributed by atoms with Crippen molar-refractivity contribution in [2.75, 3.05) is 16.8 Å². The van der Waals surface area contributed by atoms with E-state index in [1.165, 1.54) is 16.2 Å².